The second-order valence-corrected chi connectivity index (χ2v) is 2.62. The fourth-order valence-electron chi connectivity index (χ4n) is 1.01. The highest BCUT2D eigenvalue weighted by Crippen LogP contribution is 2.11. The summed E-state index contributed by atoms with van der Waals surface area (Å²) in [6.45, 7) is 0. The summed E-state index contributed by atoms with van der Waals surface area (Å²) >= 11 is 0. The van der Waals surface area contributed by atoms with Gasteiger partial charge < -0.3 is 0 Å². The quantitative estimate of drug-likeness (QED) is 0.746. The summed E-state index contributed by atoms with van der Waals surface area (Å²) in [5, 5.41) is 0. The zero-order valence-corrected chi connectivity index (χ0v) is 7.51. The molecule has 0 aromatic heterocycles. The summed E-state index contributed by atoms with van der Waals surface area (Å²) in [5.41, 5.74) is 2.01. The van der Waals surface area contributed by atoms with Crippen molar-refractivity contribution < 1.29 is 18.4 Å². The number of hydrogen-bond donors (Lipinski definition) is 1. The molecule has 0 aliphatic carbocycles. The summed E-state index contributed by atoms with van der Waals surface area (Å²) in [6, 6.07) is 3.68. The summed E-state index contributed by atoms with van der Waals surface area (Å²) < 4.78 is 25.7. The van der Waals surface area contributed by atoms with Crippen LogP contribution in [0.2, 0.25) is 0 Å². The predicted octanol–water partition coefficient (Wildman–Crippen LogP) is 1.18. The number of carbonyl (C=O) groups is 1. The molecule has 0 radical (unpaired) electrons. The van der Waals surface area contributed by atoms with E-state index in [2.05, 4.69) is 4.84 Å². The van der Waals surface area contributed by atoms with E-state index in [0.29, 0.717) is 0 Å². The van der Waals surface area contributed by atoms with E-state index in [1.165, 1.54) is 19.2 Å². The lowest BCUT2D eigenvalue weighted by molar-refractivity contribution is -0.130. The predicted molar refractivity (Wildman–Crippen MR) is 45.2 cm³/mol. The van der Waals surface area contributed by atoms with Crippen LogP contribution in [0.1, 0.15) is 5.56 Å². The lowest BCUT2D eigenvalue weighted by atomic mass is 10.1. The summed E-state index contributed by atoms with van der Waals surface area (Å²) in [4.78, 5) is 15.3. The van der Waals surface area contributed by atoms with E-state index in [-0.39, 0.29) is 12.0 Å². The fourth-order valence-corrected chi connectivity index (χ4v) is 1.01. The van der Waals surface area contributed by atoms with E-state index in [1.807, 2.05) is 5.48 Å². The molecule has 0 atom stereocenters. The van der Waals surface area contributed by atoms with Gasteiger partial charge in [-0.05, 0) is 6.07 Å². The normalized spacial score (nSPS) is 9.93. The van der Waals surface area contributed by atoms with Gasteiger partial charge in [-0.15, -0.1) is 0 Å². The van der Waals surface area contributed by atoms with Crippen LogP contribution in [0.25, 0.3) is 0 Å². The number of rotatable bonds is 3. The van der Waals surface area contributed by atoms with Gasteiger partial charge in [-0.1, -0.05) is 12.1 Å². The molecule has 0 spiro atoms. The maximum absolute atomic E-state index is 13.0. The molecule has 0 aliphatic heterocycles. The molecular weight excluding hydrogens is 192 g/mol. The Bertz CT molecular complexity index is 342. The van der Waals surface area contributed by atoms with Gasteiger partial charge in [0.2, 0.25) is 5.91 Å². The number of nitrogens with one attached hydrogen (secondary N) is 1. The molecule has 1 amide bonds. The van der Waals surface area contributed by atoms with E-state index in [4.69, 9.17) is 0 Å². The van der Waals surface area contributed by atoms with Gasteiger partial charge in [-0.25, -0.2) is 14.3 Å². The maximum Gasteiger partial charge on any atom is 0.248 e. The Morgan fingerprint density at radius 3 is 2.86 bits per heavy atom. The fraction of sp³-hybridized carbons (Fsp3) is 0.222. The molecule has 1 aromatic carbocycles. The van der Waals surface area contributed by atoms with Crippen molar-refractivity contribution in [2.75, 3.05) is 7.11 Å². The average Bonchev–Trinajstić information content (AvgIpc) is 2.13. The van der Waals surface area contributed by atoms with Crippen LogP contribution in [0.15, 0.2) is 18.2 Å². The molecule has 1 rings (SSSR count). The van der Waals surface area contributed by atoms with Gasteiger partial charge in [-0.2, -0.15) is 0 Å². The summed E-state index contributed by atoms with van der Waals surface area (Å²) in [5.74, 6) is -2.50. The zero-order valence-electron chi connectivity index (χ0n) is 7.51. The van der Waals surface area contributed by atoms with Crippen molar-refractivity contribution in [3.63, 3.8) is 0 Å². The van der Waals surface area contributed by atoms with Crippen molar-refractivity contribution in [1.82, 2.24) is 5.48 Å². The van der Waals surface area contributed by atoms with Crippen LogP contribution in [0.5, 0.6) is 0 Å². The molecule has 76 valence electrons. The smallest absolute Gasteiger partial charge is 0.248 e. The monoisotopic (exact) mass is 201 g/mol. The van der Waals surface area contributed by atoms with Crippen molar-refractivity contribution in [2.24, 2.45) is 0 Å². The van der Waals surface area contributed by atoms with Crippen LogP contribution >= 0.6 is 0 Å². The molecule has 1 N–H and O–H groups in total. The lowest BCUT2D eigenvalue weighted by Crippen LogP contribution is -2.24. The first-order chi connectivity index (χ1) is 6.65. The van der Waals surface area contributed by atoms with E-state index in [0.717, 1.165) is 6.07 Å². The van der Waals surface area contributed by atoms with E-state index in [1.54, 1.807) is 0 Å². The van der Waals surface area contributed by atoms with Gasteiger partial charge in [0, 0.05) is 5.56 Å². The Hall–Kier alpha value is -1.49. The highest BCUT2D eigenvalue weighted by molar-refractivity contribution is 5.77. The Kier molecular flexibility index (Phi) is 3.53. The first-order valence-corrected chi connectivity index (χ1v) is 3.90. The van der Waals surface area contributed by atoms with Crippen LogP contribution in [0.3, 0.4) is 0 Å². The molecule has 0 fully saturated rings. The highest BCUT2D eigenvalue weighted by atomic mass is 19.2. The molecule has 0 unspecified atom stereocenters. The van der Waals surface area contributed by atoms with Gasteiger partial charge >= 0.3 is 0 Å². The van der Waals surface area contributed by atoms with Crippen molar-refractivity contribution in [1.29, 1.82) is 0 Å². The topological polar surface area (TPSA) is 38.3 Å². The number of amides is 1. The lowest BCUT2D eigenvalue weighted by Gasteiger charge is -2.03. The summed E-state index contributed by atoms with van der Waals surface area (Å²) in [7, 11) is 1.26. The van der Waals surface area contributed by atoms with Crippen molar-refractivity contribution in [2.45, 2.75) is 6.42 Å². The Labute approximate surface area is 79.6 Å². The minimum atomic E-state index is -1.00. The number of hydrogen-bond acceptors (Lipinski definition) is 2. The third-order valence-electron chi connectivity index (χ3n) is 1.60. The molecule has 0 aliphatic rings. The van der Waals surface area contributed by atoms with Gasteiger partial charge in [0.25, 0.3) is 0 Å². The molecule has 1 aromatic rings. The Morgan fingerprint density at radius 2 is 2.21 bits per heavy atom. The number of hydroxylamine groups is 1. The molecule has 0 bridgehead atoms. The Morgan fingerprint density at radius 1 is 1.50 bits per heavy atom. The van der Waals surface area contributed by atoms with Crippen LogP contribution in [0.4, 0.5) is 8.78 Å². The van der Waals surface area contributed by atoms with Crippen LogP contribution in [-0.2, 0) is 16.1 Å². The van der Waals surface area contributed by atoms with Crippen LogP contribution < -0.4 is 5.48 Å². The third-order valence-corrected chi connectivity index (χ3v) is 1.60. The zero-order chi connectivity index (χ0) is 10.6. The first kappa shape index (κ1) is 10.6. The summed E-state index contributed by atoms with van der Waals surface area (Å²) in [6.07, 6.45) is -0.253. The van der Waals surface area contributed by atoms with Crippen LogP contribution in [0, 0.1) is 11.6 Å². The van der Waals surface area contributed by atoms with Crippen molar-refractivity contribution in [3.05, 3.63) is 35.4 Å². The average molecular weight is 201 g/mol. The number of benzene rings is 1. The molecule has 14 heavy (non-hydrogen) atoms. The number of carbonyl (C=O) groups excluding carboxylic acids is 1. The van der Waals surface area contributed by atoms with E-state index < -0.39 is 17.5 Å². The molecule has 5 heteroatoms. The Balaban J connectivity index is 2.76. The van der Waals surface area contributed by atoms with Gasteiger partial charge in [-0.3, -0.25) is 9.63 Å². The maximum atomic E-state index is 13.0. The van der Waals surface area contributed by atoms with Crippen LogP contribution in [-0.4, -0.2) is 13.0 Å². The SMILES string of the molecule is CONC(=O)Cc1cccc(F)c1F. The highest BCUT2D eigenvalue weighted by Gasteiger charge is 2.10. The van der Waals surface area contributed by atoms with E-state index in [9.17, 15) is 13.6 Å². The second-order valence-electron chi connectivity index (χ2n) is 2.62. The van der Waals surface area contributed by atoms with Crippen molar-refractivity contribution >= 4 is 5.91 Å². The van der Waals surface area contributed by atoms with Gasteiger partial charge in [0.05, 0.1) is 13.5 Å². The molecule has 0 saturated carbocycles. The van der Waals surface area contributed by atoms with Gasteiger partial charge in [0.1, 0.15) is 0 Å². The first-order valence-electron chi connectivity index (χ1n) is 3.90. The minimum Gasteiger partial charge on any atom is -0.277 e. The van der Waals surface area contributed by atoms with Crippen molar-refractivity contribution in [3.8, 4) is 0 Å². The largest absolute Gasteiger partial charge is 0.277 e. The molecule has 0 heterocycles. The standard InChI is InChI=1S/C9H9F2NO2/c1-14-12-8(13)5-6-3-2-4-7(10)9(6)11/h2-4H,5H2,1H3,(H,12,13). The number of halogens is 2. The molecule has 3 nitrogen and oxygen atoms in total. The third kappa shape index (κ3) is 2.50. The molecule has 0 saturated heterocycles. The molecular formula is C9H9F2NO2. The second kappa shape index (κ2) is 4.66. The van der Waals surface area contributed by atoms with Gasteiger partial charge in [0.15, 0.2) is 11.6 Å². The minimum absolute atomic E-state index is 0.000417. The van der Waals surface area contributed by atoms with E-state index >= 15 is 0 Å².